The van der Waals surface area contributed by atoms with Gasteiger partial charge in [0.2, 0.25) is 0 Å². The van der Waals surface area contributed by atoms with Crippen LogP contribution in [0.25, 0.3) is 0 Å². The molecule has 0 aliphatic carbocycles. The summed E-state index contributed by atoms with van der Waals surface area (Å²) in [6, 6.07) is 0. The normalized spacial score (nSPS) is 9.16. The van der Waals surface area contributed by atoms with Gasteiger partial charge in [-0.2, -0.15) is 12.8 Å². The molecule has 0 atom stereocenters. The molecule has 25 heavy (non-hydrogen) atoms. The Balaban J connectivity index is -0.000000141. The molecule has 0 aliphatic rings. The molecule has 4 heteroatoms. The van der Waals surface area contributed by atoms with E-state index in [2.05, 4.69) is 52.5 Å². The maximum Gasteiger partial charge on any atom is 2.00 e. The van der Waals surface area contributed by atoms with Gasteiger partial charge in [-0.25, -0.2) is 0 Å². The van der Waals surface area contributed by atoms with Crippen molar-refractivity contribution in [2.24, 2.45) is 5.73 Å². The topological polar surface area (TPSA) is 26.0 Å². The summed E-state index contributed by atoms with van der Waals surface area (Å²) in [6.45, 7) is 12.2. The Labute approximate surface area is 184 Å². The molecule has 0 unspecified atom stereocenters. The second-order valence-corrected chi connectivity index (χ2v) is 7.51. The summed E-state index contributed by atoms with van der Waals surface area (Å²) in [6.07, 6.45) is 21.8. The molecule has 0 radical (unpaired) electrons. The van der Waals surface area contributed by atoms with E-state index < -0.39 is 0 Å². The van der Waals surface area contributed by atoms with Crippen molar-refractivity contribution in [3.05, 3.63) is 13.8 Å². The molecule has 0 heterocycles. The summed E-state index contributed by atoms with van der Waals surface area (Å²) in [5, 5.41) is 0. The SMILES string of the molecule is NC(=S)S.[CH2-]CCCCCCCCC.[CH2-]CCCCCCCCC.[Zn+2]. The Kier molecular flexibility index (Phi) is 48.0. The van der Waals surface area contributed by atoms with Gasteiger partial charge in [-0.3, -0.25) is 0 Å². The van der Waals surface area contributed by atoms with E-state index in [0.717, 1.165) is 12.8 Å². The number of hydrogen-bond acceptors (Lipinski definition) is 1. The van der Waals surface area contributed by atoms with Gasteiger partial charge in [-0.15, -0.1) is 12.6 Å². The van der Waals surface area contributed by atoms with E-state index in [4.69, 9.17) is 5.73 Å². The largest absolute Gasteiger partial charge is 2.00 e. The van der Waals surface area contributed by atoms with Gasteiger partial charge in [-0.05, 0) is 0 Å². The molecule has 0 aromatic rings. The zero-order chi connectivity index (χ0) is 18.9. The maximum atomic E-state index is 4.71. The zero-order valence-corrected chi connectivity index (χ0v) is 22.0. The Morgan fingerprint density at radius 2 is 0.880 bits per heavy atom. The molecule has 0 saturated heterocycles. The first-order valence-electron chi connectivity index (χ1n) is 10.1. The monoisotopic (exact) mass is 439 g/mol. The van der Waals surface area contributed by atoms with Crippen molar-refractivity contribution in [2.75, 3.05) is 0 Å². The van der Waals surface area contributed by atoms with Gasteiger partial charge in [0.05, 0.1) is 0 Å². The van der Waals surface area contributed by atoms with Gasteiger partial charge in [0, 0.05) is 0 Å². The van der Waals surface area contributed by atoms with Crippen LogP contribution in [0.4, 0.5) is 0 Å². The average Bonchev–Trinajstić information content (AvgIpc) is 2.54. The second-order valence-electron chi connectivity index (χ2n) is 6.29. The Bertz CT molecular complexity index is 178. The molecule has 0 amide bonds. The Morgan fingerprint density at radius 3 is 1.08 bits per heavy atom. The van der Waals surface area contributed by atoms with Crippen LogP contribution in [0.5, 0.6) is 0 Å². The van der Waals surface area contributed by atoms with Gasteiger partial charge >= 0.3 is 19.5 Å². The van der Waals surface area contributed by atoms with Crippen molar-refractivity contribution in [3.63, 3.8) is 0 Å². The van der Waals surface area contributed by atoms with E-state index in [0.29, 0.717) is 0 Å². The first kappa shape index (κ1) is 33.4. The summed E-state index contributed by atoms with van der Waals surface area (Å²) < 4.78 is 0.194. The van der Waals surface area contributed by atoms with E-state index in [1.165, 1.54) is 89.9 Å². The molecule has 2 N–H and O–H groups in total. The second kappa shape index (κ2) is 35.9. The van der Waals surface area contributed by atoms with Crippen LogP contribution in [0.15, 0.2) is 0 Å². The fourth-order valence-electron chi connectivity index (χ4n) is 2.27. The summed E-state index contributed by atoms with van der Waals surface area (Å²) in [7, 11) is 0. The van der Waals surface area contributed by atoms with Gasteiger partial charge in [-0.1, -0.05) is 116 Å². The minimum absolute atomic E-state index is 0. The van der Waals surface area contributed by atoms with Gasteiger partial charge in [0.15, 0.2) is 0 Å². The number of nitrogens with two attached hydrogens (primary N) is 1. The Morgan fingerprint density at radius 1 is 0.680 bits per heavy atom. The average molecular weight is 441 g/mol. The molecule has 0 spiro atoms. The summed E-state index contributed by atoms with van der Waals surface area (Å²) in [5.41, 5.74) is 4.71. The number of rotatable bonds is 14. The Hall–Kier alpha value is 0.863. The van der Waals surface area contributed by atoms with Crippen molar-refractivity contribution in [3.8, 4) is 0 Å². The van der Waals surface area contributed by atoms with E-state index in [1.54, 1.807) is 0 Å². The third kappa shape index (κ3) is 58.8. The smallest absolute Gasteiger partial charge is 0.385 e. The molecule has 1 nitrogen and oxygen atoms in total. The molecular formula is C21H45NS2Zn. The molecule has 0 saturated carbocycles. The third-order valence-electron chi connectivity index (χ3n) is 3.71. The molecule has 0 aromatic heterocycles. The van der Waals surface area contributed by atoms with Crippen LogP contribution in [0, 0.1) is 13.8 Å². The van der Waals surface area contributed by atoms with Gasteiger partial charge in [0.1, 0.15) is 4.32 Å². The van der Waals surface area contributed by atoms with Crippen molar-refractivity contribution in [2.45, 2.75) is 117 Å². The number of hydrogen-bond donors (Lipinski definition) is 2. The predicted octanol–water partition coefficient (Wildman–Crippen LogP) is 8.08. The number of thiol groups is 1. The van der Waals surface area contributed by atoms with Gasteiger partial charge < -0.3 is 19.6 Å². The molecular weight excluding hydrogens is 396 g/mol. The predicted molar refractivity (Wildman–Crippen MR) is 122 cm³/mol. The van der Waals surface area contributed by atoms with E-state index in [1.807, 2.05) is 0 Å². The van der Waals surface area contributed by atoms with Crippen molar-refractivity contribution < 1.29 is 19.5 Å². The first-order valence-corrected chi connectivity index (χ1v) is 11.0. The number of unbranched alkanes of at least 4 members (excludes halogenated alkanes) is 14. The quantitative estimate of drug-likeness (QED) is 0.0937. The summed E-state index contributed by atoms with van der Waals surface area (Å²) >= 11 is 7.65. The third-order valence-corrected chi connectivity index (χ3v) is 3.71. The van der Waals surface area contributed by atoms with Gasteiger partial charge in [0.25, 0.3) is 0 Å². The minimum atomic E-state index is 0. The van der Waals surface area contributed by atoms with E-state index in [-0.39, 0.29) is 23.8 Å². The standard InChI is InChI=1S/2C10H21.CH3NS2.Zn/c2*1-3-5-7-9-10-8-6-4-2;2-1(3)4;/h2*1,3-10H2,2H3;(H3,2,3,4);/q2*-1;;+2. The fourth-order valence-corrected chi connectivity index (χ4v) is 2.27. The molecule has 0 fully saturated rings. The van der Waals surface area contributed by atoms with E-state index in [9.17, 15) is 0 Å². The van der Waals surface area contributed by atoms with Crippen LogP contribution >= 0.6 is 24.8 Å². The van der Waals surface area contributed by atoms with Crippen LogP contribution in [0.1, 0.15) is 117 Å². The maximum absolute atomic E-state index is 4.71. The molecule has 0 bridgehead atoms. The van der Waals surface area contributed by atoms with Crippen molar-refractivity contribution >= 4 is 29.2 Å². The van der Waals surface area contributed by atoms with Crippen molar-refractivity contribution in [1.82, 2.24) is 0 Å². The summed E-state index contributed by atoms with van der Waals surface area (Å²) in [4.78, 5) is 0. The van der Waals surface area contributed by atoms with Crippen molar-refractivity contribution in [1.29, 1.82) is 0 Å². The minimum Gasteiger partial charge on any atom is -0.385 e. The molecule has 0 rings (SSSR count). The molecule has 148 valence electrons. The first-order chi connectivity index (χ1) is 11.6. The summed E-state index contributed by atoms with van der Waals surface area (Å²) in [5.74, 6) is 0. The van der Waals surface area contributed by atoms with Crippen LogP contribution < -0.4 is 5.73 Å². The van der Waals surface area contributed by atoms with Crippen LogP contribution in [-0.2, 0) is 19.5 Å². The fraction of sp³-hybridized carbons (Fsp3) is 0.857. The number of thiocarbonyl (C=S) groups is 1. The zero-order valence-electron chi connectivity index (χ0n) is 17.4. The van der Waals surface area contributed by atoms with E-state index >= 15 is 0 Å². The molecule has 0 aromatic carbocycles. The van der Waals surface area contributed by atoms with Crippen LogP contribution in [-0.4, -0.2) is 4.32 Å². The molecule has 0 aliphatic heterocycles. The van der Waals surface area contributed by atoms with Crippen LogP contribution in [0.2, 0.25) is 0 Å². The van der Waals surface area contributed by atoms with Crippen LogP contribution in [0.3, 0.4) is 0 Å².